The maximum atomic E-state index is 12.7. The van der Waals surface area contributed by atoms with Crippen molar-refractivity contribution in [3.8, 4) is 0 Å². The van der Waals surface area contributed by atoms with Gasteiger partial charge < -0.3 is 26.0 Å². The molecule has 1 aliphatic rings. The predicted molar refractivity (Wildman–Crippen MR) is 120 cm³/mol. The van der Waals surface area contributed by atoms with Crippen LogP contribution in [0.3, 0.4) is 0 Å². The number of pyridine rings is 1. The molecule has 30 heavy (non-hydrogen) atoms. The third kappa shape index (κ3) is 4.36. The van der Waals surface area contributed by atoms with Gasteiger partial charge in [-0.2, -0.15) is 0 Å². The van der Waals surface area contributed by atoms with E-state index >= 15 is 0 Å². The summed E-state index contributed by atoms with van der Waals surface area (Å²) in [4.78, 5) is 19.4. The van der Waals surface area contributed by atoms with Crippen LogP contribution in [0.25, 0.3) is 10.9 Å². The smallest absolute Gasteiger partial charge is 0.274 e. The Balaban J connectivity index is 1.50. The van der Waals surface area contributed by atoms with Crippen molar-refractivity contribution in [2.24, 2.45) is 5.73 Å². The molecule has 0 spiro atoms. The Labute approximate surface area is 175 Å². The molecule has 4 N–H and O–H groups in total. The van der Waals surface area contributed by atoms with Crippen LogP contribution in [0.1, 0.15) is 6.92 Å². The first-order valence-corrected chi connectivity index (χ1v) is 9.94. The predicted octanol–water partition coefficient (Wildman–Crippen LogP) is 3.31. The maximum absolute atomic E-state index is 12.7. The van der Waals surface area contributed by atoms with Gasteiger partial charge in [0.05, 0.1) is 30.1 Å². The molecule has 2 heterocycles. The molecule has 0 radical (unpaired) electrons. The molecule has 0 unspecified atom stereocenters. The van der Waals surface area contributed by atoms with Crippen LogP contribution < -0.4 is 21.3 Å². The number of carbonyl (C=O) groups excluding carboxylic acids is 1. The molecule has 1 aliphatic heterocycles. The zero-order valence-corrected chi connectivity index (χ0v) is 16.9. The number of hydrogen-bond donors (Lipinski definition) is 3. The van der Waals surface area contributed by atoms with Crippen molar-refractivity contribution in [3.63, 3.8) is 0 Å². The number of fused-ring (bicyclic) bond motifs is 1. The molecular formula is C23H25N5O2. The number of nitrogens with zero attached hydrogens (tertiary/aromatic N) is 2. The first-order chi connectivity index (χ1) is 14.6. The van der Waals surface area contributed by atoms with Crippen molar-refractivity contribution in [3.05, 3.63) is 72.1 Å². The van der Waals surface area contributed by atoms with Gasteiger partial charge >= 0.3 is 0 Å². The summed E-state index contributed by atoms with van der Waals surface area (Å²) in [7, 11) is 0. The second-order valence-electron chi connectivity index (χ2n) is 7.12. The van der Waals surface area contributed by atoms with Crippen LogP contribution >= 0.6 is 0 Å². The minimum Gasteiger partial charge on any atom is -0.393 e. The van der Waals surface area contributed by atoms with Crippen molar-refractivity contribution in [1.82, 2.24) is 4.98 Å². The summed E-state index contributed by atoms with van der Waals surface area (Å²) >= 11 is 0. The number of aromatic nitrogens is 1. The fourth-order valence-corrected chi connectivity index (χ4v) is 3.42. The van der Waals surface area contributed by atoms with E-state index in [4.69, 9.17) is 10.5 Å². The van der Waals surface area contributed by atoms with Gasteiger partial charge in [-0.15, -0.1) is 0 Å². The lowest BCUT2D eigenvalue weighted by Crippen LogP contribution is -2.36. The number of nitrogens with one attached hydrogen (secondary N) is 2. The monoisotopic (exact) mass is 403 g/mol. The fourth-order valence-electron chi connectivity index (χ4n) is 3.42. The lowest BCUT2D eigenvalue weighted by molar-refractivity contribution is -0.113. The highest BCUT2D eigenvalue weighted by Crippen LogP contribution is 2.27. The third-order valence-corrected chi connectivity index (χ3v) is 5.07. The molecule has 7 heteroatoms. The van der Waals surface area contributed by atoms with Gasteiger partial charge in [0.2, 0.25) is 0 Å². The number of morpholine rings is 1. The molecule has 4 rings (SSSR count). The van der Waals surface area contributed by atoms with Crippen molar-refractivity contribution in [2.75, 3.05) is 41.8 Å². The molecule has 0 bridgehead atoms. The Morgan fingerprint density at radius 2 is 1.73 bits per heavy atom. The topological polar surface area (TPSA) is 92.5 Å². The molecule has 3 aromatic rings. The Morgan fingerprint density at radius 3 is 2.57 bits per heavy atom. The molecule has 2 aromatic carbocycles. The Kier molecular flexibility index (Phi) is 5.81. The summed E-state index contributed by atoms with van der Waals surface area (Å²) in [5.74, 6) is 0.0646. The quantitative estimate of drug-likeness (QED) is 0.566. The molecule has 1 amide bonds. The summed E-state index contributed by atoms with van der Waals surface area (Å²) in [6, 6.07) is 19.4. The Bertz CT molecular complexity index is 1090. The van der Waals surface area contributed by atoms with E-state index < -0.39 is 5.91 Å². The number of anilines is 3. The second-order valence-corrected chi connectivity index (χ2v) is 7.12. The van der Waals surface area contributed by atoms with Crippen LogP contribution in [0, 0.1) is 0 Å². The molecule has 7 nitrogen and oxygen atoms in total. The van der Waals surface area contributed by atoms with Crippen molar-refractivity contribution >= 4 is 34.0 Å². The number of rotatable bonds is 5. The van der Waals surface area contributed by atoms with E-state index in [0.29, 0.717) is 24.7 Å². The number of hydrogen-bond acceptors (Lipinski definition) is 6. The third-order valence-electron chi connectivity index (χ3n) is 5.07. The van der Waals surface area contributed by atoms with Crippen LogP contribution in [0.5, 0.6) is 0 Å². The van der Waals surface area contributed by atoms with Crippen LogP contribution in [-0.4, -0.2) is 37.2 Å². The van der Waals surface area contributed by atoms with Crippen LogP contribution in [-0.2, 0) is 9.53 Å². The minimum atomic E-state index is -0.397. The van der Waals surface area contributed by atoms with E-state index in [0.717, 1.165) is 35.4 Å². The lowest BCUT2D eigenvalue weighted by Gasteiger charge is -2.30. The number of allylic oxidation sites excluding steroid dienone is 1. The molecule has 1 aromatic heterocycles. The highest BCUT2D eigenvalue weighted by Gasteiger charge is 2.16. The van der Waals surface area contributed by atoms with Gasteiger partial charge in [-0.1, -0.05) is 30.3 Å². The molecule has 154 valence electrons. The van der Waals surface area contributed by atoms with Gasteiger partial charge in [0.25, 0.3) is 5.91 Å². The average Bonchev–Trinajstić information content (AvgIpc) is 2.79. The molecule has 1 fully saturated rings. The summed E-state index contributed by atoms with van der Waals surface area (Å²) in [5, 5.41) is 7.08. The van der Waals surface area contributed by atoms with Gasteiger partial charge in [-0.25, -0.2) is 4.98 Å². The van der Waals surface area contributed by atoms with E-state index in [1.807, 2.05) is 48.5 Å². The van der Waals surface area contributed by atoms with E-state index in [2.05, 4.69) is 26.6 Å². The van der Waals surface area contributed by atoms with Gasteiger partial charge in [-0.3, -0.25) is 4.79 Å². The van der Waals surface area contributed by atoms with E-state index in [-0.39, 0.29) is 5.70 Å². The Hall–Kier alpha value is -3.58. The van der Waals surface area contributed by atoms with E-state index in [1.54, 1.807) is 13.0 Å². The minimum absolute atomic E-state index is 0.113. The number of benzene rings is 2. The fraction of sp³-hybridized carbons (Fsp3) is 0.217. The first kappa shape index (κ1) is 19.7. The van der Waals surface area contributed by atoms with Crippen LogP contribution in [0.15, 0.2) is 72.1 Å². The van der Waals surface area contributed by atoms with Crippen molar-refractivity contribution in [2.45, 2.75) is 6.92 Å². The Morgan fingerprint density at radius 1 is 1.00 bits per heavy atom. The first-order valence-electron chi connectivity index (χ1n) is 9.94. The molecule has 0 atom stereocenters. The standard InChI is InChI=1S/C23H25N5O2/c1-16(25-19-8-4-5-9-20(19)28-12-14-30-15-13-28)22(24)23(29)27-21-11-10-17-6-2-3-7-18(17)26-21/h2-11,25H,12-15,24H2,1H3,(H,26,27,29)/b22-16-. The average molecular weight is 403 g/mol. The molecule has 0 saturated carbocycles. The second kappa shape index (κ2) is 8.84. The number of nitrogens with two attached hydrogens (primary N) is 1. The van der Waals surface area contributed by atoms with Gasteiger partial charge in [-0.05, 0) is 37.3 Å². The zero-order valence-electron chi connectivity index (χ0n) is 16.9. The number of ether oxygens (including phenoxy) is 1. The van der Waals surface area contributed by atoms with Gasteiger partial charge in [0, 0.05) is 24.2 Å². The summed E-state index contributed by atoms with van der Waals surface area (Å²) in [6.07, 6.45) is 0. The van der Waals surface area contributed by atoms with Crippen molar-refractivity contribution in [1.29, 1.82) is 0 Å². The van der Waals surface area contributed by atoms with E-state index in [9.17, 15) is 4.79 Å². The van der Waals surface area contributed by atoms with Crippen molar-refractivity contribution < 1.29 is 9.53 Å². The molecular weight excluding hydrogens is 378 g/mol. The maximum Gasteiger partial charge on any atom is 0.274 e. The lowest BCUT2D eigenvalue weighted by atomic mass is 10.2. The number of para-hydroxylation sites is 3. The normalized spacial score (nSPS) is 14.9. The molecule has 0 aliphatic carbocycles. The molecule has 1 saturated heterocycles. The summed E-state index contributed by atoms with van der Waals surface area (Å²) in [5.41, 5.74) is 9.60. The number of carbonyl (C=O) groups is 1. The summed E-state index contributed by atoms with van der Waals surface area (Å²) in [6.45, 7) is 4.84. The van der Waals surface area contributed by atoms with Crippen LogP contribution in [0.4, 0.5) is 17.2 Å². The SMILES string of the molecule is C/C(Nc1ccccc1N1CCOCC1)=C(/N)C(=O)Nc1ccc2ccccc2n1. The van der Waals surface area contributed by atoms with E-state index in [1.165, 1.54) is 0 Å². The highest BCUT2D eigenvalue weighted by atomic mass is 16.5. The highest BCUT2D eigenvalue weighted by molar-refractivity contribution is 6.03. The van der Waals surface area contributed by atoms with Crippen LogP contribution in [0.2, 0.25) is 0 Å². The van der Waals surface area contributed by atoms with Gasteiger partial charge in [0.15, 0.2) is 0 Å². The van der Waals surface area contributed by atoms with Gasteiger partial charge in [0.1, 0.15) is 11.5 Å². The number of amides is 1. The zero-order chi connectivity index (χ0) is 20.9. The summed E-state index contributed by atoms with van der Waals surface area (Å²) < 4.78 is 5.44. The largest absolute Gasteiger partial charge is 0.393 e.